The minimum absolute atomic E-state index is 0.441. The number of aromatic nitrogens is 5. The minimum Gasteiger partial charge on any atom is -0.261 e. The van der Waals surface area contributed by atoms with Gasteiger partial charge in [-0.15, -0.1) is 0 Å². The molecule has 0 aliphatic carbocycles. The summed E-state index contributed by atoms with van der Waals surface area (Å²) in [4.78, 5) is 12.6. The highest BCUT2D eigenvalue weighted by Crippen LogP contribution is 2.21. The number of rotatable bonds is 4. The Kier molecular flexibility index (Phi) is 4.05. The highest BCUT2D eigenvalue weighted by atomic mass is 35.5. The number of hydrogen-bond acceptors (Lipinski definition) is 6. The molecule has 4 aromatic rings. The van der Waals surface area contributed by atoms with E-state index in [0.29, 0.717) is 16.6 Å². The van der Waals surface area contributed by atoms with Gasteiger partial charge in [-0.1, -0.05) is 29.8 Å². The van der Waals surface area contributed by atoms with Crippen molar-refractivity contribution in [3.63, 3.8) is 0 Å². The van der Waals surface area contributed by atoms with Crippen LogP contribution in [-0.2, 0) is 0 Å². The van der Waals surface area contributed by atoms with E-state index < -0.39 is 0 Å². The van der Waals surface area contributed by atoms with E-state index in [4.69, 9.17) is 11.6 Å². The van der Waals surface area contributed by atoms with Gasteiger partial charge >= 0.3 is 0 Å². The van der Waals surface area contributed by atoms with Crippen molar-refractivity contribution in [1.82, 2.24) is 24.7 Å². The Hall–Kier alpha value is -3.32. The molecule has 0 saturated heterocycles. The van der Waals surface area contributed by atoms with E-state index in [1.807, 2.05) is 36.4 Å². The average molecular weight is 350 g/mol. The lowest BCUT2D eigenvalue weighted by Gasteiger charge is -2.03. The summed E-state index contributed by atoms with van der Waals surface area (Å²) in [6.07, 6.45) is 6.46. The normalized spacial score (nSPS) is 11.2. The van der Waals surface area contributed by atoms with E-state index in [0.717, 1.165) is 16.6 Å². The van der Waals surface area contributed by atoms with E-state index in [1.165, 1.54) is 6.33 Å². The van der Waals surface area contributed by atoms with Crippen LogP contribution in [0.1, 0.15) is 5.56 Å². The molecule has 1 N–H and O–H groups in total. The van der Waals surface area contributed by atoms with Crippen molar-refractivity contribution in [2.75, 3.05) is 5.43 Å². The van der Waals surface area contributed by atoms with Gasteiger partial charge < -0.3 is 0 Å². The molecular weight excluding hydrogens is 338 g/mol. The van der Waals surface area contributed by atoms with Gasteiger partial charge in [0.05, 0.1) is 23.5 Å². The van der Waals surface area contributed by atoms with Gasteiger partial charge in [0.2, 0.25) is 0 Å². The average Bonchev–Trinajstić information content (AvgIpc) is 3.09. The van der Waals surface area contributed by atoms with Crippen molar-refractivity contribution in [3.8, 4) is 5.69 Å². The van der Waals surface area contributed by atoms with E-state index in [2.05, 4.69) is 30.6 Å². The van der Waals surface area contributed by atoms with Crippen LogP contribution < -0.4 is 5.43 Å². The molecule has 0 aliphatic heterocycles. The first-order chi connectivity index (χ1) is 12.3. The maximum absolute atomic E-state index is 5.76. The van der Waals surface area contributed by atoms with Crippen molar-refractivity contribution < 1.29 is 0 Å². The van der Waals surface area contributed by atoms with E-state index >= 15 is 0 Å². The van der Waals surface area contributed by atoms with Gasteiger partial charge in [-0.2, -0.15) is 10.2 Å². The van der Waals surface area contributed by atoms with Gasteiger partial charge in [0.15, 0.2) is 11.5 Å². The lowest BCUT2D eigenvalue weighted by molar-refractivity contribution is 0.895. The Bertz CT molecular complexity index is 1030. The maximum atomic E-state index is 5.76. The summed E-state index contributed by atoms with van der Waals surface area (Å²) in [5.74, 6) is 0.574. The lowest BCUT2D eigenvalue weighted by Crippen LogP contribution is -1.99. The Labute approximate surface area is 148 Å². The molecule has 1 aromatic carbocycles. The summed E-state index contributed by atoms with van der Waals surface area (Å²) in [7, 11) is 0. The minimum atomic E-state index is 0.441. The number of pyridine rings is 1. The number of fused-ring (bicyclic) bond motifs is 1. The zero-order valence-corrected chi connectivity index (χ0v) is 13.7. The molecule has 0 bridgehead atoms. The van der Waals surface area contributed by atoms with Gasteiger partial charge in [0.1, 0.15) is 11.5 Å². The first-order valence-corrected chi connectivity index (χ1v) is 7.84. The smallest absolute Gasteiger partial charge is 0.168 e. The molecule has 0 amide bonds. The summed E-state index contributed by atoms with van der Waals surface area (Å²) >= 11 is 5.76. The van der Waals surface area contributed by atoms with Crippen LogP contribution in [0.4, 0.5) is 5.82 Å². The molecule has 122 valence electrons. The van der Waals surface area contributed by atoms with Gasteiger partial charge in [0.25, 0.3) is 0 Å². The Balaban J connectivity index is 1.62. The summed E-state index contributed by atoms with van der Waals surface area (Å²) in [5.41, 5.74) is 5.37. The fourth-order valence-electron chi connectivity index (χ4n) is 2.32. The molecule has 25 heavy (non-hydrogen) atoms. The van der Waals surface area contributed by atoms with E-state index in [1.54, 1.807) is 29.4 Å². The first-order valence-electron chi connectivity index (χ1n) is 7.46. The summed E-state index contributed by atoms with van der Waals surface area (Å²) in [5, 5.41) is 9.80. The van der Waals surface area contributed by atoms with Crippen LogP contribution in [0.3, 0.4) is 0 Å². The Morgan fingerprint density at radius 1 is 1.00 bits per heavy atom. The molecular formula is C17H12ClN7. The number of hydrogen-bond donors (Lipinski definition) is 1. The number of halogens is 1. The molecule has 0 unspecified atom stereocenters. The topological polar surface area (TPSA) is 80.9 Å². The molecule has 0 atom stereocenters. The van der Waals surface area contributed by atoms with Crippen LogP contribution >= 0.6 is 11.6 Å². The van der Waals surface area contributed by atoms with Crippen LogP contribution in [0.5, 0.6) is 0 Å². The van der Waals surface area contributed by atoms with Crippen molar-refractivity contribution in [2.45, 2.75) is 0 Å². The summed E-state index contributed by atoms with van der Waals surface area (Å²) in [6, 6.07) is 13.3. The Morgan fingerprint density at radius 3 is 2.68 bits per heavy atom. The number of benzene rings is 1. The number of anilines is 1. The number of hydrazone groups is 1. The summed E-state index contributed by atoms with van der Waals surface area (Å²) in [6.45, 7) is 0. The highest BCUT2D eigenvalue weighted by molar-refractivity contribution is 6.29. The molecule has 0 radical (unpaired) electrons. The Morgan fingerprint density at radius 2 is 1.88 bits per heavy atom. The standard InChI is InChI=1S/C17H12ClN7/c18-15-7-6-12(8-19-15)9-22-24-16-14-10-23-25(17(14)21-11-20-16)13-4-2-1-3-5-13/h1-11H,(H,20,21,24)/b22-9+. The number of nitrogens with zero attached hydrogens (tertiary/aromatic N) is 6. The molecule has 4 rings (SSSR count). The van der Waals surface area contributed by atoms with Crippen molar-refractivity contribution in [2.24, 2.45) is 5.10 Å². The molecule has 7 nitrogen and oxygen atoms in total. The van der Waals surface area contributed by atoms with Gasteiger partial charge in [-0.3, -0.25) is 5.43 Å². The molecule has 3 aromatic heterocycles. The zero-order chi connectivity index (χ0) is 17.1. The van der Waals surface area contributed by atoms with Gasteiger partial charge in [-0.05, 0) is 24.3 Å². The third-order valence-corrected chi connectivity index (χ3v) is 3.72. The fourth-order valence-corrected chi connectivity index (χ4v) is 2.43. The number of para-hydroxylation sites is 1. The molecule has 8 heteroatoms. The number of nitrogens with one attached hydrogen (secondary N) is 1. The predicted molar refractivity (Wildman–Crippen MR) is 97.1 cm³/mol. The summed E-state index contributed by atoms with van der Waals surface area (Å²) < 4.78 is 1.76. The van der Waals surface area contributed by atoms with Crippen molar-refractivity contribution in [3.05, 3.63) is 71.9 Å². The van der Waals surface area contributed by atoms with Crippen LogP contribution in [-0.4, -0.2) is 30.9 Å². The maximum Gasteiger partial charge on any atom is 0.168 e. The molecule has 0 spiro atoms. The van der Waals surface area contributed by atoms with Crippen molar-refractivity contribution in [1.29, 1.82) is 0 Å². The molecule has 0 saturated carbocycles. The second kappa shape index (κ2) is 6.66. The quantitative estimate of drug-likeness (QED) is 0.347. The SMILES string of the molecule is Clc1ccc(/C=N/Nc2ncnc3c2cnn3-c2ccccc2)cn1. The van der Waals surface area contributed by atoms with Crippen LogP contribution in [0, 0.1) is 0 Å². The van der Waals surface area contributed by atoms with E-state index in [-0.39, 0.29) is 0 Å². The third kappa shape index (κ3) is 3.17. The molecule has 0 aliphatic rings. The molecule has 0 fully saturated rings. The van der Waals surface area contributed by atoms with Crippen LogP contribution in [0.25, 0.3) is 16.7 Å². The zero-order valence-electron chi connectivity index (χ0n) is 12.9. The predicted octanol–water partition coefficient (Wildman–Crippen LogP) is 3.31. The van der Waals surface area contributed by atoms with Gasteiger partial charge in [0, 0.05) is 11.8 Å². The van der Waals surface area contributed by atoms with E-state index in [9.17, 15) is 0 Å². The lowest BCUT2D eigenvalue weighted by atomic mass is 10.3. The monoisotopic (exact) mass is 349 g/mol. The van der Waals surface area contributed by atoms with Gasteiger partial charge in [-0.25, -0.2) is 19.6 Å². The second-order valence-corrected chi connectivity index (χ2v) is 5.52. The molecule has 3 heterocycles. The van der Waals surface area contributed by atoms with Crippen LogP contribution in [0.2, 0.25) is 5.15 Å². The fraction of sp³-hybridized carbons (Fsp3) is 0. The second-order valence-electron chi connectivity index (χ2n) is 5.14. The highest BCUT2D eigenvalue weighted by Gasteiger charge is 2.10. The van der Waals surface area contributed by atoms with Crippen LogP contribution in [0.15, 0.2) is 66.3 Å². The van der Waals surface area contributed by atoms with Crippen molar-refractivity contribution >= 4 is 34.7 Å². The largest absolute Gasteiger partial charge is 0.261 e. The third-order valence-electron chi connectivity index (χ3n) is 3.50. The first kappa shape index (κ1) is 15.2.